The van der Waals surface area contributed by atoms with Crippen molar-refractivity contribution in [1.29, 1.82) is 0 Å². The van der Waals surface area contributed by atoms with Crippen LogP contribution in [0, 0.1) is 0 Å². The van der Waals surface area contributed by atoms with Crippen molar-refractivity contribution >= 4 is 5.91 Å². The van der Waals surface area contributed by atoms with Gasteiger partial charge < -0.3 is 4.90 Å². The van der Waals surface area contributed by atoms with Gasteiger partial charge in [-0.1, -0.05) is 31.2 Å². The minimum atomic E-state index is 0.101. The quantitative estimate of drug-likeness (QED) is 0.583. The maximum absolute atomic E-state index is 13.5. The molecule has 0 spiro atoms. The topological polar surface area (TPSA) is 67.2 Å². The highest BCUT2D eigenvalue weighted by atomic mass is 16.2. The van der Waals surface area contributed by atoms with Gasteiger partial charge in [-0.15, -0.1) is 0 Å². The third-order valence-corrected chi connectivity index (χ3v) is 7.41. The minimum Gasteiger partial charge on any atom is -0.336 e. The van der Waals surface area contributed by atoms with E-state index in [1.165, 1.54) is 16.7 Å². The van der Waals surface area contributed by atoms with Crippen molar-refractivity contribution in [2.45, 2.75) is 51.4 Å². The summed E-state index contributed by atoms with van der Waals surface area (Å²) in [7, 11) is 0. The molecule has 2 fully saturated rings. The molecule has 1 aliphatic heterocycles. The fraction of sp³-hybridized carbons (Fsp3) is 0.481. The first kappa shape index (κ1) is 21.5. The van der Waals surface area contributed by atoms with E-state index in [-0.39, 0.29) is 5.91 Å². The average Bonchev–Trinajstić information content (AvgIpc) is 3.65. The fourth-order valence-electron chi connectivity index (χ4n) is 5.45. The number of hydrogen-bond acceptors (Lipinski definition) is 5. The molecule has 0 radical (unpaired) electrons. The largest absolute Gasteiger partial charge is 0.336 e. The van der Waals surface area contributed by atoms with Crippen LogP contribution in [0.15, 0.2) is 36.7 Å². The first-order valence-electron chi connectivity index (χ1n) is 12.8. The normalized spacial score (nSPS) is 18.3. The van der Waals surface area contributed by atoms with Crippen LogP contribution in [0.4, 0.5) is 0 Å². The maximum Gasteiger partial charge on any atom is 0.257 e. The summed E-state index contributed by atoms with van der Waals surface area (Å²) in [6.45, 7) is 6.75. The van der Waals surface area contributed by atoms with Crippen molar-refractivity contribution < 1.29 is 4.79 Å². The van der Waals surface area contributed by atoms with E-state index in [1.807, 2.05) is 15.8 Å². The van der Waals surface area contributed by atoms with Crippen molar-refractivity contribution in [2.75, 3.05) is 32.7 Å². The van der Waals surface area contributed by atoms with Crippen LogP contribution >= 0.6 is 0 Å². The first-order chi connectivity index (χ1) is 16.7. The Balaban J connectivity index is 1.34. The predicted octanol–water partition coefficient (Wildman–Crippen LogP) is 3.86. The Morgan fingerprint density at radius 1 is 1.03 bits per heavy atom. The molecule has 2 aromatic heterocycles. The lowest BCUT2D eigenvalue weighted by atomic mass is 10.0. The van der Waals surface area contributed by atoms with Crippen molar-refractivity contribution in [3.8, 4) is 17.2 Å². The van der Waals surface area contributed by atoms with Crippen LogP contribution in [0.25, 0.3) is 17.2 Å². The fourth-order valence-corrected chi connectivity index (χ4v) is 5.45. The maximum atomic E-state index is 13.5. The van der Waals surface area contributed by atoms with Crippen molar-refractivity contribution in [1.82, 2.24) is 29.5 Å². The number of amides is 1. The van der Waals surface area contributed by atoms with Crippen molar-refractivity contribution in [2.24, 2.45) is 0 Å². The van der Waals surface area contributed by atoms with Crippen LogP contribution in [0.2, 0.25) is 0 Å². The molecule has 1 aromatic carbocycles. The SMILES string of the molecule is CCCN1CCN(C(=O)c2cnn(-c3ncc4c(n3)-c3ccccc3CCC4)c2C2CC2)CC1. The third-order valence-electron chi connectivity index (χ3n) is 7.41. The third kappa shape index (κ3) is 3.92. The molecule has 1 saturated carbocycles. The Morgan fingerprint density at radius 3 is 2.62 bits per heavy atom. The van der Waals surface area contributed by atoms with Gasteiger partial charge in [0.05, 0.1) is 23.1 Å². The number of aryl methyl sites for hydroxylation is 2. The number of nitrogens with zero attached hydrogens (tertiary/aromatic N) is 6. The van der Waals surface area contributed by atoms with Gasteiger partial charge in [0.2, 0.25) is 0 Å². The lowest BCUT2D eigenvalue weighted by Gasteiger charge is -2.34. The molecular formula is C27H32N6O. The number of rotatable bonds is 5. The van der Waals surface area contributed by atoms with Gasteiger partial charge >= 0.3 is 0 Å². The van der Waals surface area contributed by atoms with Crippen LogP contribution in [-0.4, -0.2) is 68.2 Å². The number of benzene rings is 1. The number of aromatic nitrogens is 4. The standard InChI is InChI=1S/C27H32N6O/c1-2-12-31-13-15-32(16-14-31)26(34)23-18-29-33(25(23)20-10-11-20)27-28-17-21-8-5-7-19-6-3-4-9-22(19)24(21)30-27/h3-4,6,9,17-18,20H,2,5,7-8,10-16H2,1H3. The molecule has 0 N–H and O–H groups in total. The van der Waals surface area contributed by atoms with Crippen LogP contribution in [0.1, 0.15) is 65.7 Å². The Morgan fingerprint density at radius 2 is 1.82 bits per heavy atom. The number of piperazine rings is 1. The summed E-state index contributed by atoms with van der Waals surface area (Å²) < 4.78 is 1.84. The summed E-state index contributed by atoms with van der Waals surface area (Å²) in [4.78, 5) is 27.7. The molecule has 176 valence electrons. The van der Waals surface area contributed by atoms with E-state index in [1.54, 1.807) is 6.20 Å². The Hall–Kier alpha value is -3.06. The number of carbonyl (C=O) groups excluding carboxylic acids is 1. The molecule has 6 rings (SSSR count). The molecule has 1 saturated heterocycles. The summed E-state index contributed by atoms with van der Waals surface area (Å²) in [5, 5.41) is 4.67. The van der Waals surface area contributed by atoms with E-state index < -0.39 is 0 Å². The van der Waals surface area contributed by atoms with Gasteiger partial charge in [0, 0.05) is 43.9 Å². The Bertz CT molecular complexity index is 1210. The summed E-state index contributed by atoms with van der Waals surface area (Å²) in [6, 6.07) is 8.54. The zero-order chi connectivity index (χ0) is 23.1. The monoisotopic (exact) mass is 456 g/mol. The van der Waals surface area contributed by atoms with Crippen LogP contribution < -0.4 is 0 Å². The van der Waals surface area contributed by atoms with Gasteiger partial charge in [0.1, 0.15) is 0 Å². The summed E-state index contributed by atoms with van der Waals surface area (Å²) >= 11 is 0. The average molecular weight is 457 g/mol. The number of hydrogen-bond donors (Lipinski definition) is 0. The van der Waals surface area contributed by atoms with E-state index in [9.17, 15) is 4.79 Å². The van der Waals surface area contributed by atoms with Crippen LogP contribution in [-0.2, 0) is 12.8 Å². The van der Waals surface area contributed by atoms with E-state index in [0.717, 1.165) is 88.2 Å². The predicted molar refractivity (Wildman–Crippen MR) is 131 cm³/mol. The summed E-state index contributed by atoms with van der Waals surface area (Å²) in [6.07, 6.45) is 10.2. The smallest absolute Gasteiger partial charge is 0.257 e. The van der Waals surface area contributed by atoms with E-state index in [4.69, 9.17) is 9.97 Å². The van der Waals surface area contributed by atoms with Crippen molar-refractivity contribution in [3.05, 3.63) is 59.0 Å². The molecule has 7 heteroatoms. The molecule has 0 unspecified atom stereocenters. The van der Waals surface area contributed by atoms with Crippen LogP contribution in [0.5, 0.6) is 0 Å². The second-order valence-corrected chi connectivity index (χ2v) is 9.82. The molecule has 3 heterocycles. The molecule has 7 nitrogen and oxygen atoms in total. The first-order valence-corrected chi connectivity index (χ1v) is 12.8. The molecule has 34 heavy (non-hydrogen) atoms. The van der Waals surface area contributed by atoms with Gasteiger partial charge in [-0.2, -0.15) is 5.10 Å². The van der Waals surface area contributed by atoms with Gasteiger partial charge in [-0.3, -0.25) is 9.69 Å². The summed E-state index contributed by atoms with van der Waals surface area (Å²) in [5.41, 5.74) is 6.45. The highest BCUT2D eigenvalue weighted by Crippen LogP contribution is 2.43. The second kappa shape index (κ2) is 8.95. The van der Waals surface area contributed by atoms with E-state index >= 15 is 0 Å². The summed E-state index contributed by atoms with van der Waals surface area (Å²) in [5.74, 6) is 1.03. The van der Waals surface area contributed by atoms with E-state index in [0.29, 0.717) is 11.9 Å². The van der Waals surface area contributed by atoms with Gasteiger partial charge in [0.15, 0.2) is 0 Å². The number of fused-ring (bicyclic) bond motifs is 3. The lowest BCUT2D eigenvalue weighted by molar-refractivity contribution is 0.0636. The zero-order valence-corrected chi connectivity index (χ0v) is 19.9. The molecule has 0 bridgehead atoms. The Labute approximate surface area is 200 Å². The highest BCUT2D eigenvalue weighted by Gasteiger charge is 2.35. The minimum absolute atomic E-state index is 0.101. The zero-order valence-electron chi connectivity index (χ0n) is 19.9. The molecule has 3 aromatic rings. The number of carbonyl (C=O) groups is 1. The van der Waals surface area contributed by atoms with Gasteiger partial charge in [0.25, 0.3) is 11.9 Å². The highest BCUT2D eigenvalue weighted by molar-refractivity contribution is 5.95. The molecule has 1 amide bonds. The molecule has 2 aliphatic carbocycles. The van der Waals surface area contributed by atoms with Gasteiger partial charge in [-0.25, -0.2) is 14.6 Å². The Kier molecular flexibility index (Phi) is 5.65. The lowest BCUT2D eigenvalue weighted by Crippen LogP contribution is -2.48. The second-order valence-electron chi connectivity index (χ2n) is 9.82. The molecule has 0 atom stereocenters. The van der Waals surface area contributed by atoms with Crippen LogP contribution in [0.3, 0.4) is 0 Å². The van der Waals surface area contributed by atoms with E-state index in [2.05, 4.69) is 41.2 Å². The molecule has 3 aliphatic rings. The van der Waals surface area contributed by atoms with Gasteiger partial charge in [-0.05, 0) is 56.2 Å². The molecular weight excluding hydrogens is 424 g/mol. The van der Waals surface area contributed by atoms with Crippen molar-refractivity contribution in [3.63, 3.8) is 0 Å².